The smallest absolute Gasteiger partial charge is 0.357 e. The van der Waals surface area contributed by atoms with Gasteiger partial charge in [-0.25, -0.2) is 4.79 Å². The molecule has 0 spiro atoms. The van der Waals surface area contributed by atoms with Gasteiger partial charge in [0.2, 0.25) is 5.91 Å². The van der Waals surface area contributed by atoms with E-state index < -0.39 is 5.97 Å². The molecule has 5 nitrogen and oxygen atoms in total. The average Bonchev–Trinajstić information content (AvgIpc) is 2.39. The third kappa shape index (κ3) is 1.18. The van der Waals surface area contributed by atoms with Crippen LogP contribution in [0.2, 0.25) is 0 Å². The Balaban J connectivity index is 2.28. The fourth-order valence-electron chi connectivity index (χ4n) is 1.45. The van der Waals surface area contributed by atoms with E-state index in [4.69, 9.17) is 9.84 Å². The van der Waals surface area contributed by atoms with Gasteiger partial charge >= 0.3 is 5.97 Å². The molecule has 14 heavy (non-hydrogen) atoms. The minimum Gasteiger partial charge on any atom is -0.485 e. The van der Waals surface area contributed by atoms with E-state index in [-0.39, 0.29) is 17.0 Å². The second kappa shape index (κ2) is 3.20. The number of hydrogen-bond acceptors (Lipinski definition) is 4. The molecule has 6 heteroatoms. The lowest BCUT2D eigenvalue weighted by Gasteiger charge is -2.33. The monoisotopic (exact) mass is 215 g/mol. The van der Waals surface area contributed by atoms with E-state index in [2.05, 4.69) is 0 Å². The van der Waals surface area contributed by atoms with Crippen molar-refractivity contribution in [2.24, 2.45) is 0 Å². The molecule has 0 aliphatic carbocycles. The largest absolute Gasteiger partial charge is 0.485 e. The van der Waals surface area contributed by atoms with Crippen LogP contribution in [0.3, 0.4) is 0 Å². The number of thioether (sulfide) groups is 1. The molecular formula is C8H9NO4S. The van der Waals surface area contributed by atoms with Crippen molar-refractivity contribution in [3.05, 3.63) is 10.8 Å². The number of nitrogens with zero attached hydrogens (tertiary/aromatic N) is 1. The molecule has 1 fully saturated rings. The number of β-lactam (4-membered cyclic amide) rings is 1. The summed E-state index contributed by atoms with van der Waals surface area (Å²) in [5.41, 5.74) is -0.00176. The molecule has 0 radical (unpaired) electrons. The number of carbonyl (C=O) groups excluding carboxylic acids is 1. The summed E-state index contributed by atoms with van der Waals surface area (Å²) in [6.07, 6.45) is 0.401. The van der Waals surface area contributed by atoms with Crippen molar-refractivity contribution in [3.8, 4) is 0 Å². The summed E-state index contributed by atoms with van der Waals surface area (Å²) >= 11 is 1.31. The standard InChI is InChI=1S/C8H9NO4S/c1-2-13-8-6(7(11)12)9-4(10)3-5(9)14-8/h5H,2-3H2,1H3,(H,11,12)/t5-/m0/s1. The topological polar surface area (TPSA) is 66.8 Å². The number of carbonyl (C=O) groups is 2. The number of aliphatic carboxylic acids is 1. The molecule has 2 rings (SSSR count). The first kappa shape index (κ1) is 9.39. The van der Waals surface area contributed by atoms with Gasteiger partial charge in [0, 0.05) is 0 Å². The summed E-state index contributed by atoms with van der Waals surface area (Å²) < 4.78 is 5.17. The molecule has 1 atom stereocenters. The second-order valence-electron chi connectivity index (χ2n) is 2.91. The first-order chi connectivity index (χ1) is 6.65. The first-order valence-corrected chi connectivity index (χ1v) is 5.12. The molecule has 2 heterocycles. The Morgan fingerprint density at radius 2 is 2.50 bits per heavy atom. The van der Waals surface area contributed by atoms with Crippen LogP contribution in [0.5, 0.6) is 0 Å². The van der Waals surface area contributed by atoms with Crippen LogP contribution in [0, 0.1) is 0 Å². The van der Waals surface area contributed by atoms with E-state index in [0.29, 0.717) is 18.1 Å². The summed E-state index contributed by atoms with van der Waals surface area (Å²) in [4.78, 5) is 23.3. The Labute approximate surface area is 84.7 Å². The fraction of sp³-hybridized carbons (Fsp3) is 0.500. The van der Waals surface area contributed by atoms with Crippen LogP contribution in [0.1, 0.15) is 13.3 Å². The molecule has 1 amide bonds. The lowest BCUT2D eigenvalue weighted by atomic mass is 10.2. The van der Waals surface area contributed by atoms with Gasteiger partial charge in [-0.05, 0) is 6.92 Å². The van der Waals surface area contributed by atoms with Crippen molar-refractivity contribution in [2.75, 3.05) is 6.61 Å². The van der Waals surface area contributed by atoms with E-state index in [1.54, 1.807) is 6.92 Å². The lowest BCUT2D eigenvalue weighted by molar-refractivity contribution is -0.145. The van der Waals surface area contributed by atoms with E-state index in [0.717, 1.165) is 0 Å². The quantitative estimate of drug-likeness (QED) is 0.697. The molecule has 0 aromatic heterocycles. The molecule has 0 bridgehead atoms. The van der Waals surface area contributed by atoms with E-state index in [1.807, 2.05) is 0 Å². The molecule has 2 aliphatic heterocycles. The predicted molar refractivity (Wildman–Crippen MR) is 49.1 cm³/mol. The van der Waals surface area contributed by atoms with Gasteiger partial charge in [-0.3, -0.25) is 9.69 Å². The number of fused-ring (bicyclic) bond motifs is 1. The van der Waals surface area contributed by atoms with Crippen molar-refractivity contribution >= 4 is 23.6 Å². The maximum absolute atomic E-state index is 11.1. The number of carboxylic acids is 1. The minimum atomic E-state index is -1.10. The van der Waals surface area contributed by atoms with Gasteiger partial charge in [-0.1, -0.05) is 11.8 Å². The first-order valence-electron chi connectivity index (χ1n) is 4.24. The fourth-order valence-corrected chi connectivity index (χ4v) is 2.74. The Bertz CT molecular complexity index is 338. The highest BCUT2D eigenvalue weighted by Gasteiger charge is 2.49. The van der Waals surface area contributed by atoms with Gasteiger partial charge in [-0.15, -0.1) is 0 Å². The van der Waals surface area contributed by atoms with Crippen LogP contribution in [0.25, 0.3) is 0 Å². The summed E-state index contributed by atoms with van der Waals surface area (Å²) in [7, 11) is 0. The number of ether oxygens (including phenoxy) is 1. The number of amides is 1. The molecular weight excluding hydrogens is 206 g/mol. The van der Waals surface area contributed by atoms with Crippen molar-refractivity contribution in [1.29, 1.82) is 0 Å². The molecule has 0 aromatic rings. The van der Waals surface area contributed by atoms with E-state index in [9.17, 15) is 9.59 Å². The van der Waals surface area contributed by atoms with Crippen molar-refractivity contribution < 1.29 is 19.4 Å². The summed E-state index contributed by atoms with van der Waals surface area (Å²) in [5, 5.41) is 9.20. The van der Waals surface area contributed by atoms with Gasteiger partial charge in [0.25, 0.3) is 0 Å². The van der Waals surface area contributed by atoms with Gasteiger partial charge in [0.15, 0.2) is 10.8 Å². The summed E-state index contributed by atoms with van der Waals surface area (Å²) in [5.74, 6) is -1.24. The zero-order chi connectivity index (χ0) is 10.3. The third-order valence-corrected chi connectivity index (χ3v) is 3.24. The Morgan fingerprint density at radius 3 is 3.00 bits per heavy atom. The molecule has 0 aromatic carbocycles. The van der Waals surface area contributed by atoms with Crippen molar-refractivity contribution in [3.63, 3.8) is 0 Å². The van der Waals surface area contributed by atoms with Gasteiger partial charge in [0.1, 0.15) is 0 Å². The highest BCUT2D eigenvalue weighted by atomic mass is 32.2. The lowest BCUT2D eigenvalue weighted by Crippen LogP contribution is -2.48. The van der Waals surface area contributed by atoms with Crippen molar-refractivity contribution in [2.45, 2.75) is 18.7 Å². The highest BCUT2D eigenvalue weighted by Crippen LogP contribution is 2.46. The van der Waals surface area contributed by atoms with Crippen LogP contribution in [0.4, 0.5) is 0 Å². The maximum Gasteiger partial charge on any atom is 0.357 e. The molecule has 1 N–H and O–H groups in total. The van der Waals surface area contributed by atoms with Gasteiger partial charge < -0.3 is 9.84 Å². The van der Waals surface area contributed by atoms with Gasteiger partial charge in [-0.2, -0.15) is 0 Å². The molecule has 0 saturated carbocycles. The van der Waals surface area contributed by atoms with Crippen LogP contribution in [0.15, 0.2) is 10.8 Å². The molecule has 2 aliphatic rings. The SMILES string of the molecule is CCOC1=C(C(=O)O)N2C(=O)C[C@@H]2S1. The normalized spacial score (nSPS) is 24.8. The van der Waals surface area contributed by atoms with Gasteiger partial charge in [0.05, 0.1) is 18.4 Å². The average molecular weight is 215 g/mol. The number of carboxylic acid groups (broad SMARTS) is 1. The number of rotatable bonds is 3. The molecule has 76 valence electrons. The van der Waals surface area contributed by atoms with Crippen LogP contribution >= 0.6 is 11.8 Å². The van der Waals surface area contributed by atoms with E-state index >= 15 is 0 Å². The minimum absolute atomic E-state index is 0.00176. The highest BCUT2D eigenvalue weighted by molar-refractivity contribution is 8.03. The van der Waals surface area contributed by atoms with E-state index in [1.165, 1.54) is 16.7 Å². The van der Waals surface area contributed by atoms with Crippen LogP contribution < -0.4 is 0 Å². The van der Waals surface area contributed by atoms with Crippen LogP contribution in [-0.4, -0.2) is 33.9 Å². The number of hydrogen-bond donors (Lipinski definition) is 1. The zero-order valence-corrected chi connectivity index (χ0v) is 8.34. The molecule has 0 unspecified atom stereocenters. The predicted octanol–water partition coefficient (Wildman–Crippen LogP) is 0.582. The Kier molecular flexibility index (Phi) is 2.14. The van der Waals surface area contributed by atoms with Crippen molar-refractivity contribution in [1.82, 2.24) is 4.90 Å². The second-order valence-corrected chi connectivity index (χ2v) is 4.07. The Hall–Kier alpha value is -1.17. The maximum atomic E-state index is 11.1. The summed E-state index contributed by atoms with van der Waals surface area (Å²) in [6.45, 7) is 2.19. The third-order valence-electron chi connectivity index (χ3n) is 2.06. The molecule has 1 saturated heterocycles. The Morgan fingerprint density at radius 1 is 1.79 bits per heavy atom. The zero-order valence-electron chi connectivity index (χ0n) is 7.52. The summed E-state index contributed by atoms with van der Waals surface area (Å²) in [6, 6.07) is 0. The van der Waals surface area contributed by atoms with Crippen LogP contribution in [-0.2, 0) is 14.3 Å².